The number of hydrogen-bond donors (Lipinski definition) is 1. The first-order valence-electron chi connectivity index (χ1n) is 6.84. The Morgan fingerprint density at radius 3 is 2.43 bits per heavy atom. The van der Waals surface area contributed by atoms with Crippen molar-refractivity contribution in [3.05, 3.63) is 64.7 Å². The molecule has 2 nitrogen and oxygen atoms in total. The van der Waals surface area contributed by atoms with Crippen LogP contribution >= 0.6 is 0 Å². The van der Waals surface area contributed by atoms with Crippen molar-refractivity contribution < 1.29 is 8.78 Å². The van der Waals surface area contributed by atoms with Crippen LogP contribution in [0.3, 0.4) is 0 Å². The van der Waals surface area contributed by atoms with Crippen LogP contribution in [0, 0.1) is 18.6 Å². The lowest BCUT2D eigenvalue weighted by atomic mass is 9.95. The SMILES string of the molecule is CNC(c1cccc(N(C)C)c1)c1c(F)ccc(C)c1F. The molecular weight excluding hydrogens is 270 g/mol. The Morgan fingerprint density at radius 2 is 1.81 bits per heavy atom. The summed E-state index contributed by atoms with van der Waals surface area (Å²) in [5, 5.41) is 3.01. The molecule has 21 heavy (non-hydrogen) atoms. The molecule has 0 amide bonds. The molecule has 2 aromatic carbocycles. The fourth-order valence-corrected chi connectivity index (χ4v) is 2.40. The summed E-state index contributed by atoms with van der Waals surface area (Å²) < 4.78 is 28.5. The minimum atomic E-state index is -0.535. The summed E-state index contributed by atoms with van der Waals surface area (Å²) in [6, 6.07) is 9.90. The van der Waals surface area contributed by atoms with Crippen LogP contribution in [0.15, 0.2) is 36.4 Å². The first-order valence-corrected chi connectivity index (χ1v) is 6.84. The van der Waals surface area contributed by atoms with Crippen LogP contribution < -0.4 is 10.2 Å². The summed E-state index contributed by atoms with van der Waals surface area (Å²) in [6.45, 7) is 1.64. The Bertz CT molecular complexity index is 639. The van der Waals surface area contributed by atoms with Crippen LogP contribution in [-0.2, 0) is 0 Å². The van der Waals surface area contributed by atoms with E-state index in [0.717, 1.165) is 11.3 Å². The average molecular weight is 290 g/mol. The summed E-state index contributed by atoms with van der Waals surface area (Å²) in [6.07, 6.45) is 0. The lowest BCUT2D eigenvalue weighted by molar-refractivity contribution is 0.517. The maximum absolute atomic E-state index is 14.4. The number of aryl methyl sites for hydroxylation is 1. The highest BCUT2D eigenvalue weighted by Gasteiger charge is 2.22. The van der Waals surface area contributed by atoms with Gasteiger partial charge < -0.3 is 10.2 Å². The van der Waals surface area contributed by atoms with Crippen LogP contribution in [-0.4, -0.2) is 21.1 Å². The molecule has 2 aromatic rings. The fraction of sp³-hybridized carbons (Fsp3) is 0.294. The zero-order chi connectivity index (χ0) is 15.6. The van der Waals surface area contributed by atoms with E-state index in [0.29, 0.717) is 5.56 Å². The third-order valence-electron chi connectivity index (χ3n) is 3.62. The first-order chi connectivity index (χ1) is 9.95. The number of benzene rings is 2. The quantitative estimate of drug-likeness (QED) is 0.924. The van der Waals surface area contributed by atoms with Gasteiger partial charge in [0, 0.05) is 25.3 Å². The van der Waals surface area contributed by atoms with Crippen LogP contribution in [0.25, 0.3) is 0 Å². The Morgan fingerprint density at radius 1 is 1.10 bits per heavy atom. The highest BCUT2D eigenvalue weighted by molar-refractivity contribution is 5.49. The number of nitrogens with zero attached hydrogens (tertiary/aromatic N) is 1. The van der Waals surface area contributed by atoms with E-state index in [4.69, 9.17) is 0 Å². The van der Waals surface area contributed by atoms with Crippen molar-refractivity contribution in [3.8, 4) is 0 Å². The molecule has 1 atom stereocenters. The standard InChI is InChI=1S/C17H20F2N2/c1-11-8-9-14(18)15(16(11)19)17(20-2)12-6-5-7-13(10-12)21(3)4/h5-10,17,20H,1-4H3. The van der Waals surface area contributed by atoms with Gasteiger partial charge in [0.1, 0.15) is 11.6 Å². The van der Waals surface area contributed by atoms with Crippen molar-refractivity contribution >= 4 is 5.69 Å². The predicted octanol–water partition coefficient (Wildman–Crippen LogP) is 3.65. The summed E-state index contributed by atoms with van der Waals surface area (Å²) in [5.41, 5.74) is 2.32. The summed E-state index contributed by atoms with van der Waals surface area (Å²) in [5.74, 6) is -1.03. The maximum atomic E-state index is 14.4. The molecule has 0 fully saturated rings. The summed E-state index contributed by atoms with van der Waals surface area (Å²) in [7, 11) is 5.57. The van der Waals surface area contributed by atoms with Crippen molar-refractivity contribution in [1.82, 2.24) is 5.32 Å². The molecule has 0 saturated carbocycles. The zero-order valence-electron chi connectivity index (χ0n) is 12.7. The molecule has 2 rings (SSSR count). The lowest BCUT2D eigenvalue weighted by Gasteiger charge is -2.21. The topological polar surface area (TPSA) is 15.3 Å². The number of rotatable bonds is 4. The number of halogens is 2. The predicted molar refractivity (Wildman–Crippen MR) is 82.8 cm³/mol. The van der Waals surface area contributed by atoms with Gasteiger partial charge in [-0.05, 0) is 43.3 Å². The van der Waals surface area contributed by atoms with E-state index in [2.05, 4.69) is 5.32 Å². The molecule has 0 aromatic heterocycles. The van der Waals surface area contributed by atoms with Crippen LogP contribution in [0.2, 0.25) is 0 Å². The Balaban J connectivity index is 2.55. The maximum Gasteiger partial charge on any atom is 0.134 e. The smallest absolute Gasteiger partial charge is 0.134 e. The monoisotopic (exact) mass is 290 g/mol. The van der Waals surface area contributed by atoms with Gasteiger partial charge in [-0.2, -0.15) is 0 Å². The summed E-state index contributed by atoms with van der Waals surface area (Å²) in [4.78, 5) is 1.96. The van der Waals surface area contributed by atoms with Gasteiger partial charge in [-0.1, -0.05) is 18.2 Å². The third kappa shape index (κ3) is 3.05. The molecule has 4 heteroatoms. The van der Waals surface area contributed by atoms with Gasteiger partial charge in [0.2, 0.25) is 0 Å². The second kappa shape index (κ2) is 6.22. The normalized spacial score (nSPS) is 12.3. The number of hydrogen-bond acceptors (Lipinski definition) is 2. The van der Waals surface area contributed by atoms with Gasteiger partial charge in [-0.3, -0.25) is 0 Å². The molecule has 0 spiro atoms. The van der Waals surface area contributed by atoms with Gasteiger partial charge in [0.15, 0.2) is 0 Å². The van der Waals surface area contributed by atoms with Crippen molar-refractivity contribution in [2.24, 2.45) is 0 Å². The van der Waals surface area contributed by atoms with Crippen LogP contribution in [0.1, 0.15) is 22.7 Å². The van der Waals surface area contributed by atoms with E-state index in [9.17, 15) is 8.78 Å². The second-order valence-electron chi connectivity index (χ2n) is 5.30. The molecule has 0 heterocycles. The van der Waals surface area contributed by atoms with Gasteiger partial charge in [-0.15, -0.1) is 0 Å². The average Bonchev–Trinajstić information content (AvgIpc) is 2.47. The molecule has 0 aliphatic rings. The number of nitrogens with one attached hydrogen (secondary N) is 1. The first kappa shape index (κ1) is 15.4. The lowest BCUT2D eigenvalue weighted by Crippen LogP contribution is -2.21. The molecule has 1 N–H and O–H groups in total. The minimum Gasteiger partial charge on any atom is -0.378 e. The molecule has 112 valence electrons. The Labute approximate surface area is 124 Å². The molecule has 1 unspecified atom stereocenters. The van der Waals surface area contributed by atoms with Crippen molar-refractivity contribution in [3.63, 3.8) is 0 Å². The van der Waals surface area contributed by atoms with Crippen molar-refractivity contribution in [2.45, 2.75) is 13.0 Å². The van der Waals surface area contributed by atoms with E-state index in [1.165, 1.54) is 12.1 Å². The summed E-state index contributed by atoms with van der Waals surface area (Å²) >= 11 is 0. The van der Waals surface area contributed by atoms with Crippen LogP contribution in [0.5, 0.6) is 0 Å². The van der Waals surface area contributed by atoms with E-state index in [-0.39, 0.29) is 5.56 Å². The molecule has 0 saturated heterocycles. The van der Waals surface area contributed by atoms with Crippen LogP contribution in [0.4, 0.5) is 14.5 Å². The highest BCUT2D eigenvalue weighted by Crippen LogP contribution is 2.30. The molecular formula is C17H20F2N2. The molecule has 0 aliphatic heterocycles. The minimum absolute atomic E-state index is 0.0633. The van der Waals surface area contributed by atoms with Crippen molar-refractivity contribution in [1.29, 1.82) is 0 Å². The Hall–Kier alpha value is -1.94. The van der Waals surface area contributed by atoms with Gasteiger partial charge in [-0.25, -0.2) is 8.78 Å². The zero-order valence-corrected chi connectivity index (χ0v) is 12.7. The highest BCUT2D eigenvalue weighted by atomic mass is 19.1. The van der Waals surface area contributed by atoms with E-state index >= 15 is 0 Å². The largest absolute Gasteiger partial charge is 0.378 e. The molecule has 0 radical (unpaired) electrons. The second-order valence-corrected chi connectivity index (χ2v) is 5.30. The van der Waals surface area contributed by atoms with E-state index in [1.807, 2.05) is 43.3 Å². The third-order valence-corrected chi connectivity index (χ3v) is 3.62. The van der Waals surface area contributed by atoms with E-state index in [1.54, 1.807) is 14.0 Å². The number of anilines is 1. The van der Waals surface area contributed by atoms with Gasteiger partial charge in [0.05, 0.1) is 6.04 Å². The van der Waals surface area contributed by atoms with Crippen molar-refractivity contribution in [2.75, 3.05) is 26.0 Å². The van der Waals surface area contributed by atoms with Gasteiger partial charge in [0.25, 0.3) is 0 Å². The fourth-order valence-electron chi connectivity index (χ4n) is 2.40. The molecule has 0 bridgehead atoms. The Kier molecular flexibility index (Phi) is 4.58. The van der Waals surface area contributed by atoms with E-state index < -0.39 is 17.7 Å². The van der Waals surface area contributed by atoms with Gasteiger partial charge >= 0.3 is 0 Å². The molecule has 0 aliphatic carbocycles.